The molecule has 1 N–H and O–H groups in total. The molecule has 5 aromatic rings. The number of aliphatic hydroxyl groups is 1. The van der Waals surface area contributed by atoms with E-state index in [4.69, 9.17) is 4.74 Å². The van der Waals surface area contributed by atoms with Crippen molar-refractivity contribution in [3.05, 3.63) is 80.4 Å². The van der Waals surface area contributed by atoms with Gasteiger partial charge < -0.3 is 14.7 Å². The summed E-state index contributed by atoms with van der Waals surface area (Å²) in [5, 5.41) is 23.5. The van der Waals surface area contributed by atoms with Crippen LogP contribution >= 0.6 is 22.7 Å². The average Bonchev–Trinajstić information content (AvgIpc) is 3.83. The van der Waals surface area contributed by atoms with Gasteiger partial charge in [0.05, 0.1) is 15.3 Å². The number of hydrogen-bond acceptors (Lipinski definition) is 9. The fraction of sp³-hybridized carbons (Fsp3) is 0.375. The molecule has 216 valence electrons. The van der Waals surface area contributed by atoms with Crippen molar-refractivity contribution in [2.75, 3.05) is 19.6 Å². The van der Waals surface area contributed by atoms with Gasteiger partial charge in [0.25, 0.3) is 0 Å². The standard InChI is InChI=1S/C32H32N4O4S2/c37-20-22-18-26-30(25-8-3-7-24(22)25)36(34-33-26)14-5-13-35-15-11-23(12-16-35)40-31(38)32(39,28-10-4-17-41-28)29-19-21-6-1-2-9-27(21)42-29/h1-2,4,6,9-10,17-20,23,39H,3,5,7-8,11-16H2/t32-/m1/s1. The molecule has 1 aliphatic carbocycles. The van der Waals surface area contributed by atoms with Crippen LogP contribution in [0.2, 0.25) is 0 Å². The lowest BCUT2D eigenvalue weighted by molar-refractivity contribution is -0.169. The van der Waals surface area contributed by atoms with Crippen molar-refractivity contribution in [1.29, 1.82) is 0 Å². The number of likely N-dealkylation sites (tertiary alicyclic amines) is 1. The van der Waals surface area contributed by atoms with Crippen molar-refractivity contribution in [2.45, 2.75) is 56.8 Å². The summed E-state index contributed by atoms with van der Waals surface area (Å²) in [4.78, 5) is 28.7. The van der Waals surface area contributed by atoms with Gasteiger partial charge in [-0.25, -0.2) is 9.48 Å². The molecule has 1 aliphatic heterocycles. The Morgan fingerprint density at radius 1 is 1.07 bits per heavy atom. The van der Waals surface area contributed by atoms with Gasteiger partial charge in [0, 0.05) is 29.9 Å². The third-order valence-electron chi connectivity index (χ3n) is 8.64. The van der Waals surface area contributed by atoms with Crippen molar-refractivity contribution in [2.24, 2.45) is 0 Å². The largest absolute Gasteiger partial charge is 0.460 e. The molecule has 4 heterocycles. The van der Waals surface area contributed by atoms with Crippen molar-refractivity contribution in [3.63, 3.8) is 0 Å². The minimum atomic E-state index is -1.82. The highest BCUT2D eigenvalue weighted by molar-refractivity contribution is 7.19. The molecule has 7 rings (SSSR count). The van der Waals surface area contributed by atoms with Gasteiger partial charge in [0.15, 0.2) is 0 Å². The summed E-state index contributed by atoms with van der Waals surface area (Å²) in [6.07, 6.45) is 6.07. The number of esters is 1. The van der Waals surface area contributed by atoms with Gasteiger partial charge in [-0.05, 0) is 91.2 Å². The van der Waals surface area contributed by atoms with E-state index >= 15 is 0 Å². The van der Waals surface area contributed by atoms with Crippen LogP contribution in [0.5, 0.6) is 0 Å². The Morgan fingerprint density at radius 3 is 2.69 bits per heavy atom. The minimum absolute atomic E-state index is 0.233. The highest BCUT2D eigenvalue weighted by Crippen LogP contribution is 2.41. The molecule has 3 aromatic heterocycles. The lowest BCUT2D eigenvalue weighted by atomic mass is 9.98. The number of aryl methyl sites for hydroxylation is 2. The van der Waals surface area contributed by atoms with Crippen molar-refractivity contribution in [3.8, 4) is 0 Å². The number of rotatable bonds is 9. The van der Waals surface area contributed by atoms with Crippen LogP contribution in [0.3, 0.4) is 0 Å². The highest BCUT2D eigenvalue weighted by Gasteiger charge is 2.45. The SMILES string of the molecule is O=Cc1cc2nnn(CCCN3CCC(OC(=O)[C@@](O)(c4cccs4)c4cc5ccccc5s4)CC3)c2c2c1CCC2. The van der Waals surface area contributed by atoms with Crippen LogP contribution in [-0.4, -0.2) is 63.0 Å². The van der Waals surface area contributed by atoms with E-state index in [1.807, 2.05) is 52.5 Å². The van der Waals surface area contributed by atoms with E-state index in [2.05, 4.69) is 15.2 Å². The fourth-order valence-corrected chi connectivity index (χ4v) is 8.50. The second-order valence-electron chi connectivity index (χ2n) is 11.2. The predicted octanol–water partition coefficient (Wildman–Crippen LogP) is 5.34. The smallest absolute Gasteiger partial charge is 0.349 e. The number of benzene rings is 2. The van der Waals surface area contributed by atoms with E-state index in [0.717, 1.165) is 103 Å². The first-order valence-corrected chi connectivity index (χ1v) is 16.3. The Balaban J connectivity index is 0.972. The van der Waals surface area contributed by atoms with Gasteiger partial charge in [-0.15, -0.1) is 27.8 Å². The van der Waals surface area contributed by atoms with Crippen LogP contribution in [0.1, 0.15) is 56.9 Å². The maximum atomic E-state index is 13.6. The number of fused-ring (bicyclic) bond motifs is 4. The van der Waals surface area contributed by atoms with E-state index in [9.17, 15) is 14.7 Å². The predicted molar refractivity (Wildman–Crippen MR) is 164 cm³/mol. The summed E-state index contributed by atoms with van der Waals surface area (Å²) in [7, 11) is 0. The van der Waals surface area contributed by atoms with Crippen LogP contribution in [-0.2, 0) is 34.5 Å². The molecule has 0 radical (unpaired) electrons. The highest BCUT2D eigenvalue weighted by atomic mass is 32.1. The fourth-order valence-electron chi connectivity index (χ4n) is 6.45. The van der Waals surface area contributed by atoms with E-state index in [1.54, 1.807) is 6.07 Å². The van der Waals surface area contributed by atoms with Gasteiger partial charge in [0.1, 0.15) is 17.9 Å². The van der Waals surface area contributed by atoms with Crippen LogP contribution in [0.4, 0.5) is 0 Å². The monoisotopic (exact) mass is 600 g/mol. The number of nitrogens with zero attached hydrogens (tertiary/aromatic N) is 4. The van der Waals surface area contributed by atoms with E-state index in [-0.39, 0.29) is 6.10 Å². The first-order chi connectivity index (χ1) is 20.5. The van der Waals surface area contributed by atoms with Gasteiger partial charge >= 0.3 is 5.97 Å². The normalized spacial score (nSPS) is 17.5. The number of thiophene rings is 2. The van der Waals surface area contributed by atoms with Crippen molar-refractivity contribution in [1.82, 2.24) is 19.9 Å². The summed E-state index contributed by atoms with van der Waals surface area (Å²) >= 11 is 2.79. The maximum absolute atomic E-state index is 13.6. The molecular weight excluding hydrogens is 569 g/mol. The van der Waals surface area contributed by atoms with Crippen LogP contribution < -0.4 is 0 Å². The first-order valence-electron chi connectivity index (χ1n) is 14.6. The number of piperidine rings is 1. The van der Waals surface area contributed by atoms with Gasteiger partial charge in [-0.1, -0.05) is 29.5 Å². The molecule has 1 atom stereocenters. The number of hydrogen-bond donors (Lipinski definition) is 1. The number of aldehydes is 1. The first kappa shape index (κ1) is 27.4. The Hall–Kier alpha value is -3.44. The maximum Gasteiger partial charge on any atom is 0.349 e. The summed E-state index contributed by atoms with van der Waals surface area (Å²) < 4.78 is 9.03. The molecule has 1 fully saturated rings. The lowest BCUT2D eigenvalue weighted by Gasteiger charge is -2.33. The molecule has 0 saturated carbocycles. The molecular formula is C32H32N4O4S2. The molecule has 0 bridgehead atoms. The van der Waals surface area contributed by atoms with Gasteiger partial charge in [-0.2, -0.15) is 0 Å². The van der Waals surface area contributed by atoms with E-state index in [1.165, 1.54) is 28.2 Å². The minimum Gasteiger partial charge on any atom is -0.460 e. The zero-order chi connectivity index (χ0) is 28.7. The third-order valence-corrected chi connectivity index (χ3v) is 10.8. The Bertz CT molecular complexity index is 1720. The molecule has 0 spiro atoms. The Morgan fingerprint density at radius 2 is 1.90 bits per heavy atom. The zero-order valence-electron chi connectivity index (χ0n) is 23.2. The molecule has 8 nitrogen and oxygen atoms in total. The van der Waals surface area contributed by atoms with Gasteiger partial charge in [-0.3, -0.25) is 4.79 Å². The second kappa shape index (κ2) is 11.3. The number of carbonyl (C=O) groups excluding carboxylic acids is 2. The topological polar surface area (TPSA) is 97.5 Å². The summed E-state index contributed by atoms with van der Waals surface area (Å²) in [5.41, 5.74) is 3.22. The van der Waals surface area contributed by atoms with Crippen LogP contribution in [0.25, 0.3) is 21.1 Å². The number of aromatic nitrogens is 3. The average molecular weight is 601 g/mol. The molecule has 1 saturated heterocycles. The molecule has 0 amide bonds. The third kappa shape index (κ3) is 4.86. The number of ether oxygens (including phenoxy) is 1. The zero-order valence-corrected chi connectivity index (χ0v) is 24.8. The molecule has 2 aromatic carbocycles. The van der Waals surface area contributed by atoms with Crippen LogP contribution in [0.15, 0.2) is 53.9 Å². The van der Waals surface area contributed by atoms with Crippen LogP contribution in [0, 0.1) is 0 Å². The summed E-state index contributed by atoms with van der Waals surface area (Å²) in [6, 6.07) is 15.3. The lowest BCUT2D eigenvalue weighted by Crippen LogP contribution is -2.43. The van der Waals surface area contributed by atoms with Crippen molar-refractivity contribution >= 4 is 56.0 Å². The molecule has 2 aliphatic rings. The van der Waals surface area contributed by atoms with E-state index in [0.29, 0.717) is 9.75 Å². The Labute approximate surface area is 251 Å². The molecule has 10 heteroatoms. The second-order valence-corrected chi connectivity index (χ2v) is 13.2. The Kier molecular flexibility index (Phi) is 7.39. The number of carbonyl (C=O) groups is 2. The molecule has 42 heavy (non-hydrogen) atoms. The van der Waals surface area contributed by atoms with E-state index < -0.39 is 11.6 Å². The van der Waals surface area contributed by atoms with Crippen molar-refractivity contribution < 1.29 is 19.4 Å². The summed E-state index contributed by atoms with van der Waals surface area (Å²) in [6.45, 7) is 3.34. The quantitative estimate of drug-likeness (QED) is 0.180. The van der Waals surface area contributed by atoms with Gasteiger partial charge in [0.2, 0.25) is 5.60 Å². The molecule has 0 unspecified atom stereocenters. The summed E-state index contributed by atoms with van der Waals surface area (Å²) in [5.74, 6) is -0.599.